The molecule has 2 unspecified atom stereocenters. The number of rotatable bonds is 6. The van der Waals surface area contributed by atoms with Gasteiger partial charge in [0.2, 0.25) is 0 Å². The Kier molecular flexibility index (Phi) is 5.36. The summed E-state index contributed by atoms with van der Waals surface area (Å²) in [6.07, 6.45) is 3.90. The molecule has 1 aromatic rings. The molecule has 2 N–H and O–H groups in total. The van der Waals surface area contributed by atoms with Gasteiger partial charge in [0.05, 0.1) is 5.69 Å². The number of hydrogen-bond donors (Lipinski definition) is 2. The molecule has 2 atom stereocenters. The van der Waals surface area contributed by atoms with E-state index in [-0.39, 0.29) is 5.69 Å². The number of nitrogens with zero attached hydrogens (tertiary/aromatic N) is 3. The lowest BCUT2D eigenvalue weighted by Crippen LogP contribution is -2.46. The highest BCUT2D eigenvalue weighted by molar-refractivity contribution is 5.85. The molecule has 1 aromatic heterocycles. The lowest BCUT2D eigenvalue weighted by molar-refractivity contribution is 0.0689. The summed E-state index contributed by atoms with van der Waals surface area (Å²) in [7, 11) is 1.78. The van der Waals surface area contributed by atoms with Gasteiger partial charge in [-0.05, 0) is 32.8 Å². The van der Waals surface area contributed by atoms with E-state index in [2.05, 4.69) is 29.2 Å². The molecule has 118 valence electrons. The SMILES string of the molecule is CC1CCCC(C)N1CCNCc1cc(C(=O)O)nn1C. The number of carbonyl (C=O) groups is 1. The number of aromatic nitrogens is 2. The predicted molar refractivity (Wildman–Crippen MR) is 81.4 cm³/mol. The summed E-state index contributed by atoms with van der Waals surface area (Å²) in [5.41, 5.74) is 1.000. The summed E-state index contributed by atoms with van der Waals surface area (Å²) in [5.74, 6) is -0.979. The van der Waals surface area contributed by atoms with Gasteiger partial charge in [-0.3, -0.25) is 9.58 Å². The van der Waals surface area contributed by atoms with Crippen LogP contribution in [0.3, 0.4) is 0 Å². The smallest absolute Gasteiger partial charge is 0.356 e. The summed E-state index contributed by atoms with van der Waals surface area (Å²) in [6.45, 7) is 7.19. The summed E-state index contributed by atoms with van der Waals surface area (Å²) in [6, 6.07) is 2.94. The minimum Gasteiger partial charge on any atom is -0.476 e. The number of aromatic carboxylic acids is 1. The molecule has 1 fully saturated rings. The molecule has 6 heteroatoms. The fraction of sp³-hybridized carbons (Fsp3) is 0.733. The van der Waals surface area contributed by atoms with Crippen molar-refractivity contribution in [1.82, 2.24) is 20.0 Å². The number of nitrogens with one attached hydrogen (secondary N) is 1. The van der Waals surface area contributed by atoms with Crippen LogP contribution in [0.15, 0.2) is 6.07 Å². The minimum absolute atomic E-state index is 0.104. The second kappa shape index (κ2) is 7.04. The van der Waals surface area contributed by atoms with Gasteiger partial charge in [0.1, 0.15) is 0 Å². The molecule has 1 aliphatic heterocycles. The second-order valence-corrected chi connectivity index (χ2v) is 5.99. The van der Waals surface area contributed by atoms with E-state index in [1.165, 1.54) is 19.3 Å². The molecule has 0 aromatic carbocycles. The van der Waals surface area contributed by atoms with Crippen molar-refractivity contribution in [1.29, 1.82) is 0 Å². The third kappa shape index (κ3) is 4.04. The number of carboxylic acids is 1. The van der Waals surface area contributed by atoms with Crippen LogP contribution in [0.5, 0.6) is 0 Å². The number of hydrogen-bond acceptors (Lipinski definition) is 4. The van der Waals surface area contributed by atoms with Gasteiger partial charge in [-0.25, -0.2) is 4.79 Å². The Balaban J connectivity index is 1.78. The number of aryl methyl sites for hydroxylation is 1. The van der Waals surface area contributed by atoms with Gasteiger partial charge in [-0.2, -0.15) is 5.10 Å². The van der Waals surface area contributed by atoms with E-state index in [0.717, 1.165) is 18.8 Å². The minimum atomic E-state index is -0.979. The molecule has 2 rings (SSSR count). The van der Waals surface area contributed by atoms with E-state index in [0.29, 0.717) is 18.6 Å². The lowest BCUT2D eigenvalue weighted by Gasteiger charge is -2.39. The fourth-order valence-corrected chi connectivity index (χ4v) is 3.12. The summed E-state index contributed by atoms with van der Waals surface area (Å²) in [5, 5.41) is 16.3. The molecular weight excluding hydrogens is 268 g/mol. The van der Waals surface area contributed by atoms with E-state index < -0.39 is 5.97 Å². The Bertz CT molecular complexity index is 476. The molecule has 0 aliphatic carbocycles. The average Bonchev–Trinajstić information content (AvgIpc) is 2.79. The van der Waals surface area contributed by atoms with Crippen molar-refractivity contribution in [3.63, 3.8) is 0 Å². The average molecular weight is 294 g/mol. The Hall–Kier alpha value is -1.40. The zero-order chi connectivity index (χ0) is 15.4. The van der Waals surface area contributed by atoms with Crippen molar-refractivity contribution in [3.8, 4) is 0 Å². The lowest BCUT2D eigenvalue weighted by atomic mass is 9.98. The van der Waals surface area contributed by atoms with E-state index in [4.69, 9.17) is 5.11 Å². The van der Waals surface area contributed by atoms with Gasteiger partial charge in [-0.15, -0.1) is 0 Å². The van der Waals surface area contributed by atoms with Crippen molar-refractivity contribution in [2.45, 2.75) is 51.7 Å². The molecule has 0 radical (unpaired) electrons. The van der Waals surface area contributed by atoms with E-state index in [9.17, 15) is 4.79 Å². The molecule has 21 heavy (non-hydrogen) atoms. The highest BCUT2D eigenvalue weighted by Crippen LogP contribution is 2.21. The summed E-state index contributed by atoms with van der Waals surface area (Å²) in [4.78, 5) is 13.4. The van der Waals surface area contributed by atoms with Gasteiger partial charge < -0.3 is 10.4 Å². The number of likely N-dealkylation sites (tertiary alicyclic amines) is 1. The number of piperidine rings is 1. The summed E-state index contributed by atoms with van der Waals surface area (Å²) < 4.78 is 1.63. The normalized spacial score (nSPS) is 23.4. The molecule has 1 aliphatic rings. The van der Waals surface area contributed by atoms with Crippen LogP contribution < -0.4 is 5.32 Å². The van der Waals surface area contributed by atoms with Gasteiger partial charge >= 0.3 is 5.97 Å². The van der Waals surface area contributed by atoms with Crippen LogP contribution in [0.4, 0.5) is 0 Å². The monoisotopic (exact) mass is 294 g/mol. The van der Waals surface area contributed by atoms with Crippen LogP contribution in [-0.2, 0) is 13.6 Å². The van der Waals surface area contributed by atoms with Gasteiger partial charge in [-0.1, -0.05) is 6.42 Å². The van der Waals surface area contributed by atoms with Crippen molar-refractivity contribution in [2.24, 2.45) is 7.05 Å². The maximum atomic E-state index is 10.9. The molecule has 0 bridgehead atoms. The standard InChI is InChI=1S/C15H26N4O2/c1-11-5-4-6-12(2)19(11)8-7-16-10-13-9-14(15(20)21)17-18(13)3/h9,11-12,16H,4-8,10H2,1-3H3,(H,20,21). The van der Waals surface area contributed by atoms with E-state index >= 15 is 0 Å². The van der Waals surface area contributed by atoms with Crippen LogP contribution in [0.1, 0.15) is 49.3 Å². The zero-order valence-electron chi connectivity index (χ0n) is 13.2. The fourth-order valence-electron chi connectivity index (χ4n) is 3.12. The third-order valence-corrected chi connectivity index (χ3v) is 4.42. The molecule has 0 amide bonds. The highest BCUT2D eigenvalue weighted by atomic mass is 16.4. The molecular formula is C15H26N4O2. The van der Waals surface area contributed by atoms with Gasteiger partial charge in [0.15, 0.2) is 5.69 Å². The van der Waals surface area contributed by atoms with Crippen molar-refractivity contribution in [2.75, 3.05) is 13.1 Å². The quantitative estimate of drug-likeness (QED) is 0.778. The highest BCUT2D eigenvalue weighted by Gasteiger charge is 2.23. The van der Waals surface area contributed by atoms with Gasteiger partial charge in [0, 0.05) is 38.8 Å². The first-order valence-corrected chi connectivity index (χ1v) is 7.71. The van der Waals surface area contributed by atoms with Crippen LogP contribution in [0.25, 0.3) is 0 Å². The zero-order valence-corrected chi connectivity index (χ0v) is 13.2. The Labute approximate surface area is 126 Å². The molecule has 1 saturated heterocycles. The number of carboxylic acid groups (broad SMARTS) is 1. The van der Waals surface area contributed by atoms with Crippen molar-refractivity contribution < 1.29 is 9.90 Å². The summed E-state index contributed by atoms with van der Waals surface area (Å²) >= 11 is 0. The third-order valence-electron chi connectivity index (χ3n) is 4.42. The first-order valence-electron chi connectivity index (χ1n) is 7.71. The van der Waals surface area contributed by atoms with Gasteiger partial charge in [0.25, 0.3) is 0 Å². The van der Waals surface area contributed by atoms with Crippen molar-refractivity contribution >= 4 is 5.97 Å². The molecule has 0 saturated carbocycles. The topological polar surface area (TPSA) is 70.4 Å². The Morgan fingerprint density at radius 1 is 1.43 bits per heavy atom. The molecule has 6 nitrogen and oxygen atoms in total. The van der Waals surface area contributed by atoms with E-state index in [1.807, 2.05) is 0 Å². The van der Waals surface area contributed by atoms with E-state index in [1.54, 1.807) is 17.8 Å². The predicted octanol–water partition coefficient (Wildman–Crippen LogP) is 1.47. The van der Waals surface area contributed by atoms with Crippen LogP contribution in [0, 0.1) is 0 Å². The molecule has 0 spiro atoms. The first-order chi connectivity index (χ1) is 9.99. The maximum Gasteiger partial charge on any atom is 0.356 e. The largest absolute Gasteiger partial charge is 0.476 e. The second-order valence-electron chi connectivity index (χ2n) is 5.99. The van der Waals surface area contributed by atoms with Crippen LogP contribution in [0.2, 0.25) is 0 Å². The first kappa shape index (κ1) is 16.0. The van der Waals surface area contributed by atoms with Crippen molar-refractivity contribution in [3.05, 3.63) is 17.5 Å². The Morgan fingerprint density at radius 2 is 2.10 bits per heavy atom. The maximum absolute atomic E-state index is 10.9. The van der Waals surface area contributed by atoms with Crippen LogP contribution >= 0.6 is 0 Å². The molecule has 2 heterocycles. The van der Waals surface area contributed by atoms with Crippen LogP contribution in [-0.4, -0.2) is 50.9 Å². The Morgan fingerprint density at radius 3 is 2.67 bits per heavy atom.